The third-order valence-corrected chi connectivity index (χ3v) is 4.97. The van der Waals surface area contributed by atoms with Crippen molar-refractivity contribution in [3.05, 3.63) is 58.6 Å². The van der Waals surface area contributed by atoms with Gasteiger partial charge in [-0.05, 0) is 69.1 Å². The van der Waals surface area contributed by atoms with Crippen LogP contribution in [0.4, 0.5) is 5.69 Å². The lowest BCUT2D eigenvalue weighted by Crippen LogP contribution is -2.39. The van der Waals surface area contributed by atoms with Crippen LogP contribution in [0.25, 0.3) is 0 Å². The number of aliphatic hydroxyl groups is 1. The third kappa shape index (κ3) is 5.86. The molecule has 0 bridgehead atoms. The van der Waals surface area contributed by atoms with E-state index in [1.807, 2.05) is 13.0 Å². The van der Waals surface area contributed by atoms with E-state index in [0.717, 1.165) is 11.1 Å². The van der Waals surface area contributed by atoms with Gasteiger partial charge in [0.05, 0.1) is 6.10 Å². The number of carboxylic acids is 1. The average molecular weight is 407 g/mol. The third-order valence-electron chi connectivity index (χ3n) is 4.61. The van der Waals surface area contributed by atoms with Crippen molar-refractivity contribution in [2.24, 2.45) is 0 Å². The van der Waals surface area contributed by atoms with Gasteiger partial charge in [-0.3, -0.25) is 0 Å². The maximum atomic E-state index is 11.2. The first-order valence-electron chi connectivity index (χ1n) is 9.10. The molecule has 7 heteroatoms. The van der Waals surface area contributed by atoms with Crippen molar-refractivity contribution in [3.63, 3.8) is 0 Å². The minimum atomic E-state index is -1.09. The Morgan fingerprint density at radius 1 is 1.18 bits per heavy atom. The summed E-state index contributed by atoms with van der Waals surface area (Å²) in [6.45, 7) is 5.67. The molecule has 0 radical (unpaired) electrons. The molecule has 5 N–H and O–H groups in total. The molecule has 0 heterocycles. The molecule has 0 aliphatic carbocycles. The van der Waals surface area contributed by atoms with Crippen molar-refractivity contribution in [2.75, 3.05) is 11.9 Å². The zero-order chi connectivity index (χ0) is 20.9. The second-order valence-electron chi connectivity index (χ2n) is 7.39. The zero-order valence-corrected chi connectivity index (χ0v) is 17.0. The van der Waals surface area contributed by atoms with Crippen LogP contribution in [0.5, 0.6) is 5.75 Å². The number of phenols is 1. The minimum absolute atomic E-state index is 0.163. The van der Waals surface area contributed by atoms with Gasteiger partial charge in [0.25, 0.3) is 0 Å². The highest BCUT2D eigenvalue weighted by Crippen LogP contribution is 2.24. The standard InChI is InChI=1S/C21H27ClN2O4/c1-13(19(26)15-5-8-17(25)9-6-15)23-11-10-14-4-7-16(12-18(14)22)24-21(2,3)20(27)28/h4-9,12-13,19,23-26H,10-11H2,1-3H3,(H,27,28)/t13-,19+/m0/s1. The molecular formula is C21H27ClN2O4. The van der Waals surface area contributed by atoms with Gasteiger partial charge >= 0.3 is 5.97 Å². The predicted octanol–water partition coefficient (Wildman–Crippen LogP) is 3.57. The molecule has 0 aliphatic heterocycles. The van der Waals surface area contributed by atoms with Crippen LogP contribution < -0.4 is 10.6 Å². The summed E-state index contributed by atoms with van der Waals surface area (Å²) in [5.41, 5.74) is 1.21. The second kappa shape index (κ2) is 9.28. The Morgan fingerprint density at radius 2 is 1.82 bits per heavy atom. The van der Waals surface area contributed by atoms with Crippen LogP contribution in [0.15, 0.2) is 42.5 Å². The van der Waals surface area contributed by atoms with E-state index < -0.39 is 17.6 Å². The maximum Gasteiger partial charge on any atom is 0.328 e. The van der Waals surface area contributed by atoms with Gasteiger partial charge in [0.2, 0.25) is 0 Å². The normalized spacial score (nSPS) is 13.8. The molecule has 6 nitrogen and oxygen atoms in total. The van der Waals surface area contributed by atoms with E-state index >= 15 is 0 Å². The van der Waals surface area contributed by atoms with Gasteiger partial charge in [-0.25, -0.2) is 4.79 Å². The van der Waals surface area contributed by atoms with Gasteiger partial charge in [0, 0.05) is 16.8 Å². The average Bonchev–Trinajstić information content (AvgIpc) is 2.63. The summed E-state index contributed by atoms with van der Waals surface area (Å²) in [6, 6.07) is 11.7. The molecule has 2 rings (SSSR count). The van der Waals surface area contributed by atoms with Crippen molar-refractivity contribution in [2.45, 2.75) is 44.9 Å². The molecule has 152 valence electrons. The first kappa shape index (κ1) is 22.0. The van der Waals surface area contributed by atoms with E-state index in [-0.39, 0.29) is 11.8 Å². The highest BCUT2D eigenvalue weighted by molar-refractivity contribution is 6.31. The van der Waals surface area contributed by atoms with Crippen molar-refractivity contribution < 1.29 is 20.1 Å². The number of aliphatic hydroxyl groups excluding tert-OH is 1. The number of carbonyl (C=O) groups is 1. The number of phenolic OH excluding ortho intramolecular Hbond substituents is 1. The Hall–Kier alpha value is -2.28. The maximum absolute atomic E-state index is 11.2. The number of anilines is 1. The topological polar surface area (TPSA) is 102 Å². The van der Waals surface area contributed by atoms with Crippen LogP contribution in [0.2, 0.25) is 5.02 Å². The first-order chi connectivity index (χ1) is 13.1. The molecule has 2 atom stereocenters. The molecule has 0 unspecified atom stereocenters. The van der Waals surface area contributed by atoms with Crippen LogP contribution in [0.3, 0.4) is 0 Å². The SMILES string of the molecule is C[C@H](NCCc1ccc(NC(C)(C)C(=O)O)cc1Cl)[C@@H](O)c1ccc(O)cc1. The van der Waals surface area contributed by atoms with Crippen LogP contribution in [-0.4, -0.2) is 39.4 Å². The van der Waals surface area contributed by atoms with Crippen LogP contribution >= 0.6 is 11.6 Å². The molecule has 0 aliphatic rings. The van der Waals surface area contributed by atoms with E-state index in [1.165, 1.54) is 0 Å². The van der Waals surface area contributed by atoms with Gasteiger partial charge < -0.3 is 26.0 Å². The zero-order valence-electron chi connectivity index (χ0n) is 16.2. The molecule has 2 aromatic rings. The Kier molecular flexibility index (Phi) is 7.29. The molecule has 0 saturated heterocycles. The first-order valence-corrected chi connectivity index (χ1v) is 9.48. The van der Waals surface area contributed by atoms with E-state index in [0.29, 0.717) is 23.7 Å². The predicted molar refractivity (Wildman–Crippen MR) is 111 cm³/mol. The molecule has 0 saturated carbocycles. The van der Waals surface area contributed by atoms with Crippen molar-refractivity contribution in [1.29, 1.82) is 0 Å². The smallest absolute Gasteiger partial charge is 0.328 e. The lowest BCUT2D eigenvalue weighted by Gasteiger charge is -2.23. The van der Waals surface area contributed by atoms with Gasteiger partial charge in [0.1, 0.15) is 11.3 Å². The molecular weight excluding hydrogens is 380 g/mol. The molecule has 0 spiro atoms. The van der Waals surface area contributed by atoms with Gasteiger partial charge in [-0.15, -0.1) is 0 Å². The van der Waals surface area contributed by atoms with Crippen LogP contribution in [0.1, 0.15) is 38.0 Å². The lowest BCUT2D eigenvalue weighted by molar-refractivity contribution is -0.141. The number of nitrogens with one attached hydrogen (secondary N) is 2. The Balaban J connectivity index is 1.90. The van der Waals surface area contributed by atoms with Crippen LogP contribution in [-0.2, 0) is 11.2 Å². The number of hydrogen-bond acceptors (Lipinski definition) is 5. The Bertz CT molecular complexity index is 809. The number of halogens is 1. The number of aromatic hydroxyl groups is 1. The summed E-state index contributed by atoms with van der Waals surface area (Å²) in [6.07, 6.45) is -0.0328. The summed E-state index contributed by atoms with van der Waals surface area (Å²) < 4.78 is 0. The van der Waals surface area contributed by atoms with Crippen molar-refractivity contribution >= 4 is 23.3 Å². The monoisotopic (exact) mass is 406 g/mol. The second-order valence-corrected chi connectivity index (χ2v) is 7.80. The van der Waals surface area contributed by atoms with Crippen molar-refractivity contribution in [3.8, 4) is 5.75 Å². The number of rotatable bonds is 9. The highest BCUT2D eigenvalue weighted by Gasteiger charge is 2.26. The fourth-order valence-corrected chi connectivity index (χ4v) is 3.02. The number of benzene rings is 2. The summed E-state index contributed by atoms with van der Waals surface area (Å²) in [4.78, 5) is 11.2. The van der Waals surface area contributed by atoms with Crippen molar-refractivity contribution in [1.82, 2.24) is 5.32 Å². The molecule has 0 fully saturated rings. The highest BCUT2D eigenvalue weighted by atomic mass is 35.5. The van der Waals surface area contributed by atoms with Gasteiger partial charge in [-0.2, -0.15) is 0 Å². The summed E-state index contributed by atoms with van der Waals surface area (Å²) in [5.74, 6) is -0.783. The Labute approximate surface area is 170 Å². The summed E-state index contributed by atoms with van der Waals surface area (Å²) in [7, 11) is 0. The summed E-state index contributed by atoms with van der Waals surface area (Å²) in [5, 5.41) is 35.7. The quantitative estimate of drug-likeness (QED) is 0.436. The largest absolute Gasteiger partial charge is 0.508 e. The molecule has 28 heavy (non-hydrogen) atoms. The van der Waals surface area contributed by atoms with E-state index in [1.54, 1.807) is 50.2 Å². The van der Waals surface area contributed by atoms with E-state index in [2.05, 4.69) is 10.6 Å². The van der Waals surface area contributed by atoms with Gasteiger partial charge in [-0.1, -0.05) is 29.8 Å². The minimum Gasteiger partial charge on any atom is -0.508 e. The summed E-state index contributed by atoms with van der Waals surface area (Å²) >= 11 is 6.34. The lowest BCUT2D eigenvalue weighted by atomic mass is 10.0. The number of aliphatic carboxylic acids is 1. The molecule has 0 aromatic heterocycles. The number of carboxylic acid groups (broad SMARTS) is 1. The van der Waals surface area contributed by atoms with Crippen LogP contribution in [0, 0.1) is 0 Å². The van der Waals surface area contributed by atoms with E-state index in [4.69, 9.17) is 11.6 Å². The number of hydrogen-bond donors (Lipinski definition) is 5. The molecule has 0 amide bonds. The fraction of sp³-hybridized carbons (Fsp3) is 0.381. The fourth-order valence-electron chi connectivity index (χ4n) is 2.75. The molecule has 2 aromatic carbocycles. The Morgan fingerprint density at radius 3 is 2.39 bits per heavy atom. The van der Waals surface area contributed by atoms with Gasteiger partial charge in [0.15, 0.2) is 0 Å². The van der Waals surface area contributed by atoms with E-state index in [9.17, 15) is 20.1 Å².